The molecule has 0 saturated heterocycles. The fraction of sp³-hybridized carbons (Fsp3) is 0.875. The lowest BCUT2D eigenvalue weighted by molar-refractivity contribution is -0.0573. The number of hydrogen-bond acceptors (Lipinski definition) is 7. The Balaban J connectivity index is 0.00000302. The van der Waals surface area contributed by atoms with Crippen LogP contribution < -0.4 is 10.6 Å². The summed E-state index contributed by atoms with van der Waals surface area (Å²) in [5.41, 5.74) is -0.381. The third-order valence-electron chi connectivity index (χ3n) is 5.12. The molecule has 1 aliphatic rings. The number of thiocarbonyl (C=S) groups is 1. The van der Waals surface area contributed by atoms with Gasteiger partial charge in [0.2, 0.25) is 0 Å². The summed E-state index contributed by atoms with van der Waals surface area (Å²) >= 11 is 5.46. The van der Waals surface area contributed by atoms with Gasteiger partial charge in [0, 0.05) is 19.4 Å². The molecule has 0 aliphatic heterocycles. The highest BCUT2D eigenvalue weighted by atomic mass is 32.1. The van der Waals surface area contributed by atoms with Crippen LogP contribution in [0.15, 0.2) is 12.2 Å². The topological polar surface area (TPSA) is 125 Å². The average molecular weight is 477 g/mol. The number of hydrogen-bond donors (Lipinski definition) is 7. The molecule has 0 fully saturated rings. The molecule has 0 aromatic carbocycles. The minimum atomic E-state index is -1.28. The van der Waals surface area contributed by atoms with Crippen LogP contribution in [-0.4, -0.2) is 79.7 Å². The van der Waals surface area contributed by atoms with Crippen molar-refractivity contribution in [3.05, 3.63) is 12.2 Å². The van der Waals surface area contributed by atoms with Gasteiger partial charge in [0.1, 0.15) is 18.3 Å². The molecule has 32 heavy (non-hydrogen) atoms. The van der Waals surface area contributed by atoms with Crippen molar-refractivity contribution in [2.24, 2.45) is 10.8 Å². The molecule has 1 aliphatic carbocycles. The zero-order valence-electron chi connectivity index (χ0n) is 21.2. The Bertz CT molecular complexity index is 574. The van der Waals surface area contributed by atoms with Gasteiger partial charge in [0.15, 0.2) is 0 Å². The van der Waals surface area contributed by atoms with E-state index in [-0.39, 0.29) is 23.8 Å². The fourth-order valence-electron chi connectivity index (χ4n) is 3.10. The summed E-state index contributed by atoms with van der Waals surface area (Å²) in [6, 6.07) is -1.07. The predicted molar refractivity (Wildman–Crippen MR) is 135 cm³/mol. The first-order chi connectivity index (χ1) is 14.5. The quantitative estimate of drug-likeness (QED) is 0.209. The van der Waals surface area contributed by atoms with Crippen molar-refractivity contribution in [3.63, 3.8) is 0 Å². The Morgan fingerprint density at radius 1 is 0.969 bits per heavy atom. The highest BCUT2D eigenvalue weighted by Crippen LogP contribution is 2.24. The van der Waals surface area contributed by atoms with Gasteiger partial charge in [0.05, 0.1) is 29.3 Å². The van der Waals surface area contributed by atoms with Crippen LogP contribution in [0.2, 0.25) is 0 Å². The highest BCUT2D eigenvalue weighted by molar-refractivity contribution is 7.80. The summed E-state index contributed by atoms with van der Waals surface area (Å²) in [6.45, 7) is 16.4. The maximum atomic E-state index is 10.8. The van der Waals surface area contributed by atoms with E-state index in [1.807, 2.05) is 20.8 Å². The summed E-state index contributed by atoms with van der Waals surface area (Å²) in [4.78, 5) is 0.615. The Hall–Kier alpha value is -0.610. The van der Waals surface area contributed by atoms with Crippen LogP contribution in [-0.2, 0) is 0 Å². The Morgan fingerprint density at radius 2 is 1.50 bits per heavy atom. The molecule has 0 aromatic heterocycles. The van der Waals surface area contributed by atoms with Crippen molar-refractivity contribution >= 4 is 17.2 Å². The summed E-state index contributed by atoms with van der Waals surface area (Å²) in [5, 5.41) is 57.1. The van der Waals surface area contributed by atoms with Crippen molar-refractivity contribution in [1.29, 1.82) is 0 Å². The first-order valence-corrected chi connectivity index (χ1v) is 12.1. The van der Waals surface area contributed by atoms with E-state index in [2.05, 4.69) is 45.3 Å². The van der Waals surface area contributed by atoms with Crippen molar-refractivity contribution in [2.75, 3.05) is 6.54 Å². The van der Waals surface area contributed by atoms with E-state index in [0.29, 0.717) is 11.4 Å². The standard InChI is InChI=1S/C21H40N2O5S.C3H8/c1-20(2,3)10-17(29)23-13(15(25)9-16(26)21(4,5)6)11-22-12-7-8-14(24)19(28)18(12)27;1-3-2/h7-8,12-16,18-19,22,24-28H,9-11H2,1-6H3,(H,23,29);3H2,1-2H3. The molecule has 0 spiro atoms. The Labute approximate surface area is 200 Å². The molecule has 0 amide bonds. The van der Waals surface area contributed by atoms with E-state index in [4.69, 9.17) is 12.2 Å². The number of nitrogens with one attached hydrogen (secondary N) is 2. The monoisotopic (exact) mass is 476 g/mol. The maximum Gasteiger partial charge on any atom is 0.111 e. The highest BCUT2D eigenvalue weighted by Gasteiger charge is 2.34. The van der Waals surface area contributed by atoms with Gasteiger partial charge >= 0.3 is 0 Å². The van der Waals surface area contributed by atoms with Gasteiger partial charge in [-0.25, -0.2) is 0 Å². The van der Waals surface area contributed by atoms with E-state index in [1.54, 1.807) is 6.08 Å². The minimum absolute atomic E-state index is 0.0134. The molecule has 7 unspecified atom stereocenters. The zero-order valence-corrected chi connectivity index (χ0v) is 22.0. The zero-order chi connectivity index (χ0) is 25.3. The van der Waals surface area contributed by atoms with Crippen LogP contribution in [0.3, 0.4) is 0 Å². The predicted octanol–water partition coefficient (Wildman–Crippen LogP) is 1.89. The minimum Gasteiger partial charge on any atom is -0.392 e. The Kier molecular flexibility index (Phi) is 13.7. The van der Waals surface area contributed by atoms with Gasteiger partial charge in [0.25, 0.3) is 0 Å². The molecule has 0 heterocycles. The Morgan fingerprint density at radius 3 is 1.97 bits per heavy atom. The molecule has 1 rings (SSSR count). The molecular weight excluding hydrogens is 428 g/mol. The second kappa shape index (κ2) is 13.9. The summed E-state index contributed by atoms with van der Waals surface area (Å²) in [7, 11) is 0. The molecule has 0 bridgehead atoms. The summed E-state index contributed by atoms with van der Waals surface area (Å²) in [6.07, 6.45) is -0.0399. The molecule has 0 radical (unpaired) electrons. The lowest BCUT2D eigenvalue weighted by Gasteiger charge is -2.35. The van der Waals surface area contributed by atoms with Crippen LogP contribution in [0.1, 0.15) is 74.7 Å². The average Bonchev–Trinajstić information content (AvgIpc) is 2.62. The van der Waals surface area contributed by atoms with Crippen LogP contribution in [0, 0.1) is 10.8 Å². The molecular formula is C24H48N2O5S. The largest absolute Gasteiger partial charge is 0.392 e. The number of rotatable bonds is 8. The smallest absolute Gasteiger partial charge is 0.111 e. The van der Waals surface area contributed by atoms with Crippen LogP contribution >= 0.6 is 12.2 Å². The third-order valence-corrected chi connectivity index (χ3v) is 5.39. The molecule has 8 heteroatoms. The van der Waals surface area contributed by atoms with Crippen molar-refractivity contribution in [2.45, 2.75) is 117 Å². The molecule has 0 saturated carbocycles. The lowest BCUT2D eigenvalue weighted by Crippen LogP contribution is -2.57. The van der Waals surface area contributed by atoms with E-state index < -0.39 is 42.6 Å². The lowest BCUT2D eigenvalue weighted by atomic mass is 9.84. The van der Waals surface area contributed by atoms with Gasteiger partial charge in [-0.3, -0.25) is 0 Å². The van der Waals surface area contributed by atoms with Gasteiger partial charge in [-0.15, -0.1) is 0 Å². The van der Waals surface area contributed by atoms with E-state index in [9.17, 15) is 25.5 Å². The van der Waals surface area contributed by atoms with Crippen LogP contribution in [0.5, 0.6) is 0 Å². The molecule has 7 nitrogen and oxygen atoms in total. The van der Waals surface area contributed by atoms with Crippen molar-refractivity contribution < 1.29 is 25.5 Å². The van der Waals surface area contributed by atoms with Crippen LogP contribution in [0.4, 0.5) is 0 Å². The molecule has 0 aromatic rings. The number of aliphatic hydroxyl groups is 5. The maximum absolute atomic E-state index is 10.8. The van der Waals surface area contributed by atoms with Gasteiger partial charge in [-0.2, -0.15) is 0 Å². The second-order valence-electron chi connectivity index (χ2n) is 11.1. The number of aliphatic hydroxyl groups excluding tert-OH is 5. The summed E-state index contributed by atoms with van der Waals surface area (Å²) < 4.78 is 0. The normalized spacial score (nSPS) is 26.5. The van der Waals surface area contributed by atoms with E-state index in [0.717, 1.165) is 0 Å². The van der Waals surface area contributed by atoms with E-state index in [1.165, 1.54) is 12.5 Å². The molecule has 190 valence electrons. The second-order valence-corrected chi connectivity index (χ2v) is 11.6. The summed E-state index contributed by atoms with van der Waals surface area (Å²) in [5.74, 6) is 0. The van der Waals surface area contributed by atoms with Gasteiger partial charge in [-0.05, 0) is 10.8 Å². The SMILES string of the molecule is CC(C)(C)CC(=S)NC(CNC1C=CC(O)C(O)C1O)C(O)CC(O)C(C)(C)C.CCC. The van der Waals surface area contributed by atoms with Crippen molar-refractivity contribution in [3.8, 4) is 0 Å². The molecule has 7 N–H and O–H groups in total. The fourth-order valence-corrected chi connectivity index (χ4v) is 3.68. The first-order valence-electron chi connectivity index (χ1n) is 11.6. The van der Waals surface area contributed by atoms with Crippen LogP contribution in [0.25, 0.3) is 0 Å². The first kappa shape index (κ1) is 31.4. The molecule has 7 atom stereocenters. The van der Waals surface area contributed by atoms with Gasteiger partial charge in [-0.1, -0.05) is 86.2 Å². The van der Waals surface area contributed by atoms with Crippen molar-refractivity contribution in [1.82, 2.24) is 10.6 Å². The third kappa shape index (κ3) is 12.0. The van der Waals surface area contributed by atoms with Gasteiger partial charge < -0.3 is 36.2 Å². The van der Waals surface area contributed by atoms with E-state index >= 15 is 0 Å².